The normalized spacial score (nSPS) is 17.4. The monoisotopic (exact) mass is 196 g/mol. The molecule has 3 heteroatoms. The molecule has 3 nitrogen and oxygen atoms in total. The second-order valence-corrected chi connectivity index (χ2v) is 3.60. The van der Waals surface area contributed by atoms with Crippen molar-refractivity contribution in [1.29, 1.82) is 0 Å². The van der Waals surface area contributed by atoms with Crippen molar-refractivity contribution in [3.05, 3.63) is 35.9 Å². The Balaban J connectivity index is 2.79. The lowest BCUT2D eigenvalue weighted by Gasteiger charge is -2.28. The zero-order valence-corrected chi connectivity index (χ0v) is 8.47. The van der Waals surface area contributed by atoms with Gasteiger partial charge in [0.1, 0.15) is 11.7 Å². The first-order valence-corrected chi connectivity index (χ1v) is 4.52. The summed E-state index contributed by atoms with van der Waals surface area (Å²) in [6.45, 7) is 1.65. The van der Waals surface area contributed by atoms with E-state index in [9.17, 15) is 10.2 Å². The van der Waals surface area contributed by atoms with Gasteiger partial charge in [0.15, 0.2) is 0 Å². The van der Waals surface area contributed by atoms with Crippen molar-refractivity contribution in [3.63, 3.8) is 0 Å². The summed E-state index contributed by atoms with van der Waals surface area (Å²) in [6.07, 6.45) is -0.927. The Morgan fingerprint density at radius 2 is 1.93 bits per heavy atom. The van der Waals surface area contributed by atoms with Crippen LogP contribution >= 0.6 is 0 Å². The molecule has 0 saturated carbocycles. The molecule has 0 spiro atoms. The first-order valence-electron chi connectivity index (χ1n) is 4.52. The number of aliphatic hydroxyl groups is 2. The molecule has 0 aromatic heterocycles. The van der Waals surface area contributed by atoms with Crippen LogP contribution in [0, 0.1) is 0 Å². The van der Waals surface area contributed by atoms with Crippen LogP contribution in [0.25, 0.3) is 0 Å². The molecule has 1 aromatic carbocycles. The minimum absolute atomic E-state index is 0.100. The molecule has 1 rings (SSSR count). The number of hydrogen-bond acceptors (Lipinski definition) is 3. The minimum atomic E-state index is -1.25. The van der Waals surface area contributed by atoms with Gasteiger partial charge in [0.2, 0.25) is 0 Å². The zero-order valence-electron chi connectivity index (χ0n) is 8.47. The molecular weight excluding hydrogens is 180 g/mol. The molecule has 0 aliphatic heterocycles. The van der Waals surface area contributed by atoms with Crippen molar-refractivity contribution in [2.75, 3.05) is 13.7 Å². The van der Waals surface area contributed by atoms with E-state index in [-0.39, 0.29) is 6.61 Å². The maximum atomic E-state index is 9.86. The molecular formula is C11H16O3. The van der Waals surface area contributed by atoms with Crippen LogP contribution in [0.15, 0.2) is 30.3 Å². The second kappa shape index (κ2) is 4.55. The largest absolute Gasteiger partial charge is 0.385 e. The summed E-state index contributed by atoms with van der Waals surface area (Å²) in [5, 5.41) is 19.7. The summed E-state index contributed by atoms with van der Waals surface area (Å²) in [5.74, 6) is 0. The summed E-state index contributed by atoms with van der Waals surface area (Å²) in [4.78, 5) is 0. The summed E-state index contributed by atoms with van der Waals surface area (Å²) in [6, 6.07) is 9.05. The van der Waals surface area contributed by atoms with Gasteiger partial charge < -0.3 is 14.9 Å². The lowest BCUT2D eigenvalue weighted by atomic mass is 9.94. The molecule has 14 heavy (non-hydrogen) atoms. The van der Waals surface area contributed by atoms with E-state index >= 15 is 0 Å². The van der Waals surface area contributed by atoms with Crippen LogP contribution in [0.1, 0.15) is 18.6 Å². The van der Waals surface area contributed by atoms with E-state index in [0.717, 1.165) is 0 Å². The van der Waals surface area contributed by atoms with E-state index in [1.54, 1.807) is 19.1 Å². The van der Waals surface area contributed by atoms with Crippen molar-refractivity contribution in [1.82, 2.24) is 0 Å². The van der Waals surface area contributed by atoms with Gasteiger partial charge in [-0.05, 0) is 12.5 Å². The number of hydrogen-bond donors (Lipinski definition) is 2. The van der Waals surface area contributed by atoms with Crippen molar-refractivity contribution < 1.29 is 14.9 Å². The predicted octanol–water partition coefficient (Wildman–Crippen LogP) is 1.12. The standard InChI is InChI=1S/C11H16O3/c1-11(13,8-14-2)10(12)9-6-4-3-5-7-9/h3-7,10,12-13H,8H2,1-2H3/t10-,11-/m0/s1. The van der Waals surface area contributed by atoms with Gasteiger partial charge in [0.05, 0.1) is 6.61 Å². The summed E-state index contributed by atoms with van der Waals surface area (Å²) in [7, 11) is 1.49. The van der Waals surface area contributed by atoms with Crippen LogP contribution < -0.4 is 0 Å². The highest BCUT2D eigenvalue weighted by Crippen LogP contribution is 2.25. The minimum Gasteiger partial charge on any atom is -0.385 e. The van der Waals surface area contributed by atoms with Gasteiger partial charge in [-0.1, -0.05) is 30.3 Å². The highest BCUT2D eigenvalue weighted by Gasteiger charge is 2.31. The van der Waals surface area contributed by atoms with Crippen molar-refractivity contribution >= 4 is 0 Å². The summed E-state index contributed by atoms with van der Waals surface area (Å²) in [5.41, 5.74) is -0.564. The molecule has 0 fully saturated rings. The third kappa shape index (κ3) is 2.54. The maximum absolute atomic E-state index is 9.86. The highest BCUT2D eigenvalue weighted by molar-refractivity contribution is 5.19. The van der Waals surface area contributed by atoms with Gasteiger partial charge in [0.25, 0.3) is 0 Å². The van der Waals surface area contributed by atoms with Gasteiger partial charge in [-0.15, -0.1) is 0 Å². The fourth-order valence-corrected chi connectivity index (χ4v) is 1.37. The van der Waals surface area contributed by atoms with Crippen LogP contribution in [0.5, 0.6) is 0 Å². The maximum Gasteiger partial charge on any atom is 0.115 e. The topological polar surface area (TPSA) is 49.7 Å². The van der Waals surface area contributed by atoms with E-state index in [0.29, 0.717) is 5.56 Å². The molecule has 0 amide bonds. The van der Waals surface area contributed by atoms with Gasteiger partial charge in [-0.3, -0.25) is 0 Å². The Labute approximate surface area is 84.0 Å². The molecule has 0 saturated heterocycles. The molecule has 78 valence electrons. The molecule has 0 bridgehead atoms. The van der Waals surface area contributed by atoms with E-state index in [1.807, 2.05) is 18.2 Å². The Morgan fingerprint density at radius 1 is 1.36 bits per heavy atom. The fourth-order valence-electron chi connectivity index (χ4n) is 1.37. The van der Waals surface area contributed by atoms with Crippen LogP contribution in [-0.2, 0) is 4.74 Å². The molecule has 2 N–H and O–H groups in total. The zero-order chi connectivity index (χ0) is 10.6. The average Bonchev–Trinajstić information content (AvgIpc) is 2.18. The van der Waals surface area contributed by atoms with Gasteiger partial charge in [0, 0.05) is 7.11 Å². The van der Waals surface area contributed by atoms with Crippen LogP contribution in [0.3, 0.4) is 0 Å². The lowest BCUT2D eigenvalue weighted by molar-refractivity contribution is -0.103. The number of ether oxygens (including phenoxy) is 1. The predicted molar refractivity (Wildman–Crippen MR) is 53.9 cm³/mol. The molecule has 0 aliphatic carbocycles. The average molecular weight is 196 g/mol. The Hall–Kier alpha value is -0.900. The van der Waals surface area contributed by atoms with E-state index in [2.05, 4.69) is 0 Å². The summed E-state index contributed by atoms with van der Waals surface area (Å²) >= 11 is 0. The molecule has 0 heterocycles. The number of benzene rings is 1. The SMILES string of the molecule is COC[C@](C)(O)[C@@H](O)c1ccccc1. The Morgan fingerprint density at radius 3 is 2.43 bits per heavy atom. The first-order chi connectivity index (χ1) is 6.58. The van der Waals surface area contributed by atoms with Crippen molar-refractivity contribution in [2.45, 2.75) is 18.6 Å². The molecule has 0 aliphatic rings. The van der Waals surface area contributed by atoms with E-state index in [1.165, 1.54) is 7.11 Å². The number of methoxy groups -OCH3 is 1. The third-order valence-electron chi connectivity index (χ3n) is 2.14. The van der Waals surface area contributed by atoms with Gasteiger partial charge in [-0.25, -0.2) is 0 Å². The van der Waals surface area contributed by atoms with Crippen LogP contribution in [0.4, 0.5) is 0 Å². The van der Waals surface area contributed by atoms with E-state index in [4.69, 9.17) is 4.74 Å². The summed E-state index contributed by atoms with van der Waals surface area (Å²) < 4.78 is 4.84. The molecule has 1 aromatic rings. The first kappa shape index (κ1) is 11.2. The lowest BCUT2D eigenvalue weighted by Crippen LogP contribution is -2.37. The highest BCUT2D eigenvalue weighted by atomic mass is 16.5. The number of rotatable bonds is 4. The van der Waals surface area contributed by atoms with E-state index < -0.39 is 11.7 Å². The number of aliphatic hydroxyl groups excluding tert-OH is 1. The Bertz CT molecular complexity index is 269. The molecule has 0 radical (unpaired) electrons. The van der Waals surface area contributed by atoms with Crippen molar-refractivity contribution in [2.24, 2.45) is 0 Å². The van der Waals surface area contributed by atoms with Gasteiger partial charge >= 0.3 is 0 Å². The van der Waals surface area contributed by atoms with Crippen molar-refractivity contribution in [3.8, 4) is 0 Å². The smallest absolute Gasteiger partial charge is 0.115 e. The molecule has 2 atom stereocenters. The van der Waals surface area contributed by atoms with Crippen LogP contribution in [0.2, 0.25) is 0 Å². The quantitative estimate of drug-likeness (QED) is 0.758. The molecule has 0 unspecified atom stereocenters. The fraction of sp³-hybridized carbons (Fsp3) is 0.455. The second-order valence-electron chi connectivity index (χ2n) is 3.60. The third-order valence-corrected chi connectivity index (χ3v) is 2.14. The Kier molecular flexibility index (Phi) is 3.63. The van der Waals surface area contributed by atoms with Gasteiger partial charge in [-0.2, -0.15) is 0 Å². The van der Waals surface area contributed by atoms with Crippen LogP contribution in [-0.4, -0.2) is 29.5 Å².